The lowest BCUT2D eigenvalue weighted by molar-refractivity contribution is 0.407. The highest BCUT2D eigenvalue weighted by molar-refractivity contribution is 5.37. The number of nitrogens with zero attached hydrogens (tertiary/aromatic N) is 1. The number of nitrogens with one attached hydrogen (secondary N) is 1. The van der Waals surface area contributed by atoms with Crippen LogP contribution in [0.25, 0.3) is 0 Å². The molecule has 0 aliphatic carbocycles. The molecule has 0 amide bonds. The number of para-hydroxylation sites is 1. The summed E-state index contributed by atoms with van der Waals surface area (Å²) in [6.07, 6.45) is 2.78. The topological polar surface area (TPSA) is 33.6 Å². The summed E-state index contributed by atoms with van der Waals surface area (Å²) in [5.41, 5.74) is 1.08. The fraction of sp³-hybridized carbons (Fsp3) is 0.500. The monoisotopic (exact) mass is 234 g/mol. The molecule has 0 aromatic heterocycles. The smallest absolute Gasteiger partial charge is 0.124 e. The van der Waals surface area contributed by atoms with Gasteiger partial charge in [0, 0.05) is 5.56 Å². The van der Waals surface area contributed by atoms with Gasteiger partial charge in [0.1, 0.15) is 5.75 Å². The number of hydrogen-bond acceptors (Lipinski definition) is 3. The van der Waals surface area contributed by atoms with Crippen molar-refractivity contribution in [3.63, 3.8) is 0 Å². The van der Waals surface area contributed by atoms with E-state index in [1.165, 1.54) is 25.9 Å². The Morgan fingerprint density at radius 1 is 1.29 bits per heavy atom. The molecule has 0 radical (unpaired) electrons. The summed E-state index contributed by atoms with van der Waals surface area (Å²) in [5, 5.41) is 3.22. The van der Waals surface area contributed by atoms with Crippen molar-refractivity contribution in [3.8, 4) is 5.75 Å². The highest BCUT2D eigenvalue weighted by Gasteiger charge is 2.06. The molecule has 17 heavy (non-hydrogen) atoms. The van der Waals surface area contributed by atoms with E-state index in [1.807, 2.05) is 31.2 Å². The first-order valence-corrected chi connectivity index (χ1v) is 6.09. The highest BCUT2D eigenvalue weighted by Crippen LogP contribution is 2.26. The molecule has 1 N–H and O–H groups in total. The van der Waals surface area contributed by atoms with Gasteiger partial charge in [-0.1, -0.05) is 18.2 Å². The van der Waals surface area contributed by atoms with Crippen molar-refractivity contribution in [2.75, 3.05) is 20.2 Å². The summed E-state index contributed by atoms with van der Waals surface area (Å²) < 4.78 is 5.18. The van der Waals surface area contributed by atoms with Crippen LogP contribution in [0.2, 0.25) is 0 Å². The maximum absolute atomic E-state index is 5.18. The zero-order valence-corrected chi connectivity index (χ0v) is 10.8. The second-order valence-electron chi connectivity index (χ2n) is 4.06. The highest BCUT2D eigenvalue weighted by atomic mass is 16.5. The average molecular weight is 234 g/mol. The van der Waals surface area contributed by atoms with Gasteiger partial charge in [-0.3, -0.25) is 4.99 Å². The molecule has 0 spiro atoms. The van der Waals surface area contributed by atoms with Crippen molar-refractivity contribution >= 4 is 6.72 Å². The van der Waals surface area contributed by atoms with Gasteiger partial charge in [-0.05, 0) is 45.6 Å². The number of methoxy groups -OCH3 is 1. The predicted octanol–water partition coefficient (Wildman–Crippen LogP) is 2.83. The summed E-state index contributed by atoms with van der Waals surface area (Å²) >= 11 is 0. The van der Waals surface area contributed by atoms with Gasteiger partial charge >= 0.3 is 0 Å². The van der Waals surface area contributed by atoms with Crippen LogP contribution in [0.1, 0.15) is 31.4 Å². The number of ether oxygens (including phenoxy) is 1. The average Bonchev–Trinajstić information content (AvgIpc) is 2.97. The van der Waals surface area contributed by atoms with E-state index in [1.54, 1.807) is 7.11 Å². The van der Waals surface area contributed by atoms with Crippen LogP contribution in [0.3, 0.4) is 0 Å². The van der Waals surface area contributed by atoms with E-state index in [0.29, 0.717) is 0 Å². The van der Waals surface area contributed by atoms with Crippen molar-refractivity contribution in [3.05, 3.63) is 29.8 Å². The van der Waals surface area contributed by atoms with Gasteiger partial charge in [-0.2, -0.15) is 0 Å². The summed E-state index contributed by atoms with van der Waals surface area (Å²) in [6, 6.07) is 7.94. The van der Waals surface area contributed by atoms with Crippen LogP contribution >= 0.6 is 0 Å². The van der Waals surface area contributed by atoms with Gasteiger partial charge in [-0.25, -0.2) is 0 Å². The van der Waals surface area contributed by atoms with Crippen LogP contribution in [0, 0.1) is 0 Å². The van der Waals surface area contributed by atoms with E-state index in [0.717, 1.165) is 11.3 Å². The van der Waals surface area contributed by atoms with Crippen molar-refractivity contribution in [1.29, 1.82) is 0 Å². The molecule has 1 unspecified atom stereocenters. The number of rotatable bonds is 3. The van der Waals surface area contributed by atoms with Gasteiger partial charge in [0.25, 0.3) is 0 Å². The van der Waals surface area contributed by atoms with Crippen molar-refractivity contribution in [2.45, 2.75) is 25.8 Å². The van der Waals surface area contributed by atoms with Gasteiger partial charge in [0.2, 0.25) is 0 Å². The normalized spacial score (nSPS) is 15.6. The first-order valence-electron chi connectivity index (χ1n) is 6.09. The lowest BCUT2D eigenvalue weighted by Crippen LogP contribution is -2.03. The van der Waals surface area contributed by atoms with E-state index < -0.39 is 0 Å². The minimum absolute atomic E-state index is 0.0983. The molecule has 1 aromatic rings. The van der Waals surface area contributed by atoms with Crippen LogP contribution in [0.15, 0.2) is 29.3 Å². The molecule has 3 nitrogen and oxygen atoms in total. The van der Waals surface area contributed by atoms with Crippen LogP contribution < -0.4 is 10.1 Å². The first kappa shape index (κ1) is 13.7. The lowest BCUT2D eigenvalue weighted by Gasteiger charge is -2.10. The zero-order valence-electron chi connectivity index (χ0n) is 10.8. The predicted molar refractivity (Wildman–Crippen MR) is 73.1 cm³/mol. The van der Waals surface area contributed by atoms with Crippen molar-refractivity contribution < 1.29 is 4.74 Å². The molecule has 0 saturated carbocycles. The van der Waals surface area contributed by atoms with Gasteiger partial charge in [0.05, 0.1) is 13.2 Å². The lowest BCUT2D eigenvalue weighted by atomic mass is 10.1. The van der Waals surface area contributed by atoms with E-state index in [9.17, 15) is 0 Å². The fourth-order valence-corrected chi connectivity index (χ4v) is 1.73. The molecule has 0 bridgehead atoms. The van der Waals surface area contributed by atoms with Crippen molar-refractivity contribution in [1.82, 2.24) is 5.32 Å². The molecule has 1 saturated heterocycles. The Bertz CT molecular complexity index is 327. The minimum Gasteiger partial charge on any atom is -0.496 e. The van der Waals surface area contributed by atoms with Gasteiger partial charge < -0.3 is 10.1 Å². The largest absolute Gasteiger partial charge is 0.496 e. The number of hydrogen-bond donors (Lipinski definition) is 1. The molecular formula is C14H22N2O. The van der Waals surface area contributed by atoms with Crippen LogP contribution in [-0.2, 0) is 0 Å². The third-order valence-electron chi connectivity index (χ3n) is 2.82. The van der Waals surface area contributed by atoms with E-state index in [-0.39, 0.29) is 6.04 Å². The van der Waals surface area contributed by atoms with E-state index in [4.69, 9.17) is 4.74 Å². The second-order valence-corrected chi connectivity index (χ2v) is 4.06. The Hall–Kier alpha value is -1.35. The Balaban J connectivity index is 0.000000239. The van der Waals surface area contributed by atoms with E-state index in [2.05, 4.69) is 17.0 Å². The maximum atomic E-state index is 5.18. The second kappa shape index (κ2) is 7.85. The fourth-order valence-electron chi connectivity index (χ4n) is 1.73. The first-order chi connectivity index (χ1) is 8.29. The third-order valence-corrected chi connectivity index (χ3v) is 2.82. The summed E-state index contributed by atoms with van der Waals surface area (Å²) in [5.74, 6) is 0.873. The summed E-state index contributed by atoms with van der Waals surface area (Å²) in [4.78, 5) is 3.94. The molecule has 94 valence electrons. The zero-order chi connectivity index (χ0) is 12.5. The summed E-state index contributed by atoms with van der Waals surface area (Å²) in [7, 11) is 1.66. The Labute approximate surface area is 104 Å². The Morgan fingerprint density at radius 2 is 1.94 bits per heavy atom. The van der Waals surface area contributed by atoms with Gasteiger partial charge in [0.15, 0.2) is 0 Å². The Morgan fingerprint density at radius 3 is 2.41 bits per heavy atom. The van der Waals surface area contributed by atoms with E-state index >= 15 is 0 Å². The molecule has 1 atom stereocenters. The minimum atomic E-state index is 0.0983. The van der Waals surface area contributed by atoms with Crippen molar-refractivity contribution in [2.24, 2.45) is 4.99 Å². The number of aliphatic imine (C=N–C) groups is 1. The standard InChI is InChI=1S/C10H13NO.C4H9N/c1-8(11-2)9-6-4-5-7-10(9)12-3;1-2-4-5-3-1/h4-8H,2H2,1,3H3;5H,1-4H2. The molecule has 1 fully saturated rings. The van der Waals surface area contributed by atoms with Crippen LogP contribution in [0.4, 0.5) is 0 Å². The molecule has 1 heterocycles. The molecular weight excluding hydrogens is 212 g/mol. The molecule has 3 heteroatoms. The van der Waals surface area contributed by atoms with Crippen LogP contribution in [-0.4, -0.2) is 26.9 Å². The maximum Gasteiger partial charge on any atom is 0.124 e. The third kappa shape index (κ3) is 4.57. The SMILES string of the molecule is C1CCNC1.C=NC(C)c1ccccc1OC. The molecule has 1 aromatic carbocycles. The van der Waals surface area contributed by atoms with Gasteiger partial charge in [-0.15, -0.1) is 0 Å². The molecule has 1 aliphatic rings. The Kier molecular flexibility index (Phi) is 6.33. The summed E-state index contributed by atoms with van der Waals surface area (Å²) in [6.45, 7) is 8.00. The molecule has 2 rings (SSSR count). The number of benzene rings is 1. The quantitative estimate of drug-likeness (QED) is 0.816. The molecule has 1 aliphatic heterocycles. The van der Waals surface area contributed by atoms with Crippen LogP contribution in [0.5, 0.6) is 5.75 Å².